The van der Waals surface area contributed by atoms with Crippen LogP contribution in [0.4, 0.5) is 0 Å². The van der Waals surface area contributed by atoms with E-state index in [0.717, 1.165) is 5.56 Å². The molecule has 1 aromatic rings. The standard InChI is InChI=1S/C14H18N2O/c1-10-6-7-13(12(3)11(10)2)9-16-14(17)5-4-8-15/h6-7H,4-5,9H2,1-3H3,(H,16,17). The van der Waals surface area contributed by atoms with E-state index in [4.69, 9.17) is 5.26 Å². The van der Waals surface area contributed by atoms with Crippen LogP contribution < -0.4 is 5.32 Å². The number of carbonyl (C=O) groups is 1. The van der Waals surface area contributed by atoms with Crippen molar-refractivity contribution in [2.24, 2.45) is 0 Å². The van der Waals surface area contributed by atoms with E-state index in [9.17, 15) is 4.79 Å². The normalized spacial score (nSPS) is 9.76. The van der Waals surface area contributed by atoms with Crippen molar-refractivity contribution in [3.05, 3.63) is 34.4 Å². The van der Waals surface area contributed by atoms with E-state index in [0.29, 0.717) is 6.54 Å². The average Bonchev–Trinajstić information content (AvgIpc) is 2.32. The highest BCUT2D eigenvalue weighted by atomic mass is 16.1. The minimum absolute atomic E-state index is 0.0656. The second-order valence-electron chi connectivity index (χ2n) is 4.23. The fourth-order valence-electron chi connectivity index (χ4n) is 1.66. The molecule has 0 atom stereocenters. The number of hydrogen-bond acceptors (Lipinski definition) is 2. The Labute approximate surface area is 102 Å². The molecule has 0 saturated carbocycles. The number of nitrogens with one attached hydrogen (secondary N) is 1. The molecule has 0 saturated heterocycles. The highest BCUT2D eigenvalue weighted by molar-refractivity contribution is 5.76. The molecule has 0 heterocycles. The number of aryl methyl sites for hydroxylation is 1. The molecule has 1 amide bonds. The number of nitriles is 1. The monoisotopic (exact) mass is 230 g/mol. The fourth-order valence-corrected chi connectivity index (χ4v) is 1.66. The Morgan fingerprint density at radius 1 is 1.29 bits per heavy atom. The van der Waals surface area contributed by atoms with Crippen LogP contribution in [0.15, 0.2) is 12.1 Å². The van der Waals surface area contributed by atoms with Gasteiger partial charge in [-0.2, -0.15) is 5.26 Å². The van der Waals surface area contributed by atoms with Crippen molar-refractivity contribution in [2.75, 3.05) is 0 Å². The zero-order chi connectivity index (χ0) is 12.8. The van der Waals surface area contributed by atoms with Crippen molar-refractivity contribution in [3.8, 4) is 6.07 Å². The van der Waals surface area contributed by atoms with Crippen LogP contribution >= 0.6 is 0 Å². The maximum Gasteiger partial charge on any atom is 0.221 e. The molecular formula is C14H18N2O. The molecule has 0 bridgehead atoms. The third-order valence-corrected chi connectivity index (χ3v) is 3.11. The maximum absolute atomic E-state index is 11.4. The Balaban J connectivity index is 2.62. The highest BCUT2D eigenvalue weighted by Crippen LogP contribution is 2.16. The third kappa shape index (κ3) is 3.60. The second-order valence-corrected chi connectivity index (χ2v) is 4.23. The highest BCUT2D eigenvalue weighted by Gasteiger charge is 2.05. The van der Waals surface area contributed by atoms with E-state index in [-0.39, 0.29) is 18.7 Å². The van der Waals surface area contributed by atoms with Gasteiger partial charge in [-0.1, -0.05) is 12.1 Å². The summed E-state index contributed by atoms with van der Waals surface area (Å²) in [5.41, 5.74) is 4.90. The van der Waals surface area contributed by atoms with Gasteiger partial charge in [-0.15, -0.1) is 0 Å². The lowest BCUT2D eigenvalue weighted by atomic mass is 9.99. The van der Waals surface area contributed by atoms with Crippen molar-refractivity contribution in [1.82, 2.24) is 5.32 Å². The smallest absolute Gasteiger partial charge is 0.221 e. The van der Waals surface area contributed by atoms with Gasteiger partial charge in [-0.3, -0.25) is 4.79 Å². The van der Waals surface area contributed by atoms with Gasteiger partial charge in [-0.05, 0) is 43.0 Å². The van der Waals surface area contributed by atoms with Gasteiger partial charge in [0, 0.05) is 19.4 Å². The fraction of sp³-hybridized carbons (Fsp3) is 0.429. The Morgan fingerprint density at radius 3 is 2.65 bits per heavy atom. The number of carbonyl (C=O) groups excluding carboxylic acids is 1. The predicted molar refractivity (Wildman–Crippen MR) is 67.3 cm³/mol. The molecule has 0 unspecified atom stereocenters. The molecule has 1 rings (SSSR count). The molecule has 90 valence electrons. The molecule has 0 aromatic heterocycles. The lowest BCUT2D eigenvalue weighted by Crippen LogP contribution is -2.22. The van der Waals surface area contributed by atoms with Crippen molar-refractivity contribution in [2.45, 2.75) is 40.2 Å². The van der Waals surface area contributed by atoms with E-state index in [1.165, 1.54) is 16.7 Å². The first-order chi connectivity index (χ1) is 8.06. The van der Waals surface area contributed by atoms with Crippen LogP contribution in [0.25, 0.3) is 0 Å². The van der Waals surface area contributed by atoms with E-state index in [2.05, 4.69) is 32.2 Å². The first-order valence-electron chi connectivity index (χ1n) is 5.75. The van der Waals surface area contributed by atoms with Crippen LogP contribution in [0.3, 0.4) is 0 Å². The number of hydrogen-bond donors (Lipinski definition) is 1. The van der Waals surface area contributed by atoms with Gasteiger partial charge in [-0.25, -0.2) is 0 Å². The van der Waals surface area contributed by atoms with Crippen molar-refractivity contribution < 1.29 is 4.79 Å². The molecule has 1 N–H and O–H groups in total. The first kappa shape index (κ1) is 13.2. The zero-order valence-corrected chi connectivity index (χ0v) is 10.6. The van der Waals surface area contributed by atoms with Gasteiger partial charge in [0.1, 0.15) is 0 Å². The maximum atomic E-state index is 11.4. The van der Waals surface area contributed by atoms with Crippen molar-refractivity contribution in [3.63, 3.8) is 0 Å². The van der Waals surface area contributed by atoms with Gasteiger partial charge in [0.2, 0.25) is 5.91 Å². The topological polar surface area (TPSA) is 52.9 Å². The number of nitrogens with zero attached hydrogens (tertiary/aromatic N) is 1. The number of amides is 1. The van der Waals surface area contributed by atoms with E-state index in [1.54, 1.807) is 0 Å². The van der Waals surface area contributed by atoms with Crippen LogP contribution in [-0.2, 0) is 11.3 Å². The lowest BCUT2D eigenvalue weighted by molar-refractivity contribution is -0.121. The average molecular weight is 230 g/mol. The van der Waals surface area contributed by atoms with Gasteiger partial charge in [0.15, 0.2) is 0 Å². The van der Waals surface area contributed by atoms with Crippen LogP contribution in [0.5, 0.6) is 0 Å². The van der Waals surface area contributed by atoms with Crippen LogP contribution in [-0.4, -0.2) is 5.91 Å². The molecule has 0 radical (unpaired) electrons. The summed E-state index contributed by atoms with van der Waals surface area (Å²) in [6.07, 6.45) is 0.554. The van der Waals surface area contributed by atoms with Crippen LogP contribution in [0.1, 0.15) is 35.1 Å². The molecule has 3 heteroatoms. The van der Waals surface area contributed by atoms with Gasteiger partial charge in [0.05, 0.1) is 6.07 Å². The Hall–Kier alpha value is -1.82. The molecule has 1 aromatic carbocycles. The largest absolute Gasteiger partial charge is 0.352 e. The van der Waals surface area contributed by atoms with E-state index in [1.807, 2.05) is 12.1 Å². The Bertz CT molecular complexity index is 458. The molecule has 0 fully saturated rings. The van der Waals surface area contributed by atoms with Crippen molar-refractivity contribution in [1.29, 1.82) is 5.26 Å². The zero-order valence-electron chi connectivity index (χ0n) is 10.6. The molecule has 0 aliphatic carbocycles. The Morgan fingerprint density at radius 2 is 2.00 bits per heavy atom. The third-order valence-electron chi connectivity index (χ3n) is 3.11. The summed E-state index contributed by atoms with van der Waals surface area (Å²) in [5, 5.41) is 11.2. The summed E-state index contributed by atoms with van der Waals surface area (Å²) in [6.45, 7) is 6.78. The summed E-state index contributed by atoms with van der Waals surface area (Å²) in [5.74, 6) is -0.0656. The molecular weight excluding hydrogens is 212 g/mol. The second kappa shape index (κ2) is 6.05. The minimum Gasteiger partial charge on any atom is -0.352 e. The summed E-state index contributed by atoms with van der Waals surface area (Å²) < 4.78 is 0. The van der Waals surface area contributed by atoms with Gasteiger partial charge in [0.25, 0.3) is 0 Å². The van der Waals surface area contributed by atoms with Crippen molar-refractivity contribution >= 4 is 5.91 Å². The lowest BCUT2D eigenvalue weighted by Gasteiger charge is -2.11. The number of rotatable bonds is 4. The quantitative estimate of drug-likeness (QED) is 0.864. The summed E-state index contributed by atoms with van der Waals surface area (Å²) in [6, 6.07) is 6.08. The summed E-state index contributed by atoms with van der Waals surface area (Å²) >= 11 is 0. The van der Waals surface area contributed by atoms with E-state index >= 15 is 0 Å². The minimum atomic E-state index is -0.0656. The SMILES string of the molecule is Cc1ccc(CNC(=O)CCC#N)c(C)c1C. The van der Waals surface area contributed by atoms with Gasteiger partial charge >= 0.3 is 0 Å². The predicted octanol–water partition coefficient (Wildman–Crippen LogP) is 2.53. The molecule has 0 aliphatic rings. The Kier molecular flexibility index (Phi) is 4.71. The summed E-state index contributed by atoms with van der Waals surface area (Å²) in [4.78, 5) is 11.4. The number of benzene rings is 1. The molecule has 17 heavy (non-hydrogen) atoms. The first-order valence-corrected chi connectivity index (χ1v) is 5.75. The van der Waals surface area contributed by atoms with Gasteiger partial charge < -0.3 is 5.32 Å². The van der Waals surface area contributed by atoms with E-state index < -0.39 is 0 Å². The summed E-state index contributed by atoms with van der Waals surface area (Å²) in [7, 11) is 0. The molecule has 0 spiro atoms. The van der Waals surface area contributed by atoms with Crippen LogP contribution in [0.2, 0.25) is 0 Å². The molecule has 0 aliphatic heterocycles. The van der Waals surface area contributed by atoms with Crippen LogP contribution in [0, 0.1) is 32.1 Å². The molecule has 3 nitrogen and oxygen atoms in total.